The maximum absolute atomic E-state index is 12.5. The Morgan fingerprint density at radius 3 is 2.76 bits per heavy atom. The van der Waals surface area contributed by atoms with Crippen LogP contribution in [0.5, 0.6) is 5.75 Å². The maximum atomic E-state index is 12.5. The van der Waals surface area contributed by atoms with Gasteiger partial charge in [-0.2, -0.15) is 0 Å². The van der Waals surface area contributed by atoms with Gasteiger partial charge in [0.15, 0.2) is 5.75 Å². The molecular weight excluding hydrogens is 322 g/mol. The Balaban J connectivity index is 1.52. The summed E-state index contributed by atoms with van der Waals surface area (Å²) in [6.07, 6.45) is 6.91. The quantitative estimate of drug-likeness (QED) is 0.833. The highest BCUT2D eigenvalue weighted by molar-refractivity contribution is 5.93. The van der Waals surface area contributed by atoms with Gasteiger partial charge in [-0.3, -0.25) is 14.4 Å². The Labute approximate surface area is 147 Å². The number of rotatable bonds is 6. The molecule has 1 aromatic rings. The van der Waals surface area contributed by atoms with Gasteiger partial charge in [0.25, 0.3) is 5.91 Å². The van der Waals surface area contributed by atoms with Crippen LogP contribution < -0.4 is 15.5 Å². The van der Waals surface area contributed by atoms with Crippen molar-refractivity contribution >= 4 is 11.8 Å². The van der Waals surface area contributed by atoms with E-state index in [9.17, 15) is 14.4 Å². The molecule has 0 aromatic carbocycles. The van der Waals surface area contributed by atoms with E-state index in [0.717, 1.165) is 12.8 Å². The highest BCUT2D eigenvalue weighted by atomic mass is 16.5. The monoisotopic (exact) mass is 347 g/mol. The normalized spacial score (nSPS) is 17.5. The Kier molecular flexibility index (Phi) is 5.40. The van der Waals surface area contributed by atoms with Gasteiger partial charge in [0.1, 0.15) is 5.69 Å². The number of pyridine rings is 1. The zero-order valence-electron chi connectivity index (χ0n) is 14.6. The number of methoxy groups -OCH3 is 1. The van der Waals surface area contributed by atoms with E-state index in [4.69, 9.17) is 4.74 Å². The third-order valence-corrected chi connectivity index (χ3v) is 5.08. The molecule has 0 atom stereocenters. The van der Waals surface area contributed by atoms with Crippen molar-refractivity contribution in [1.29, 1.82) is 0 Å². The molecule has 1 aromatic heterocycles. The second kappa shape index (κ2) is 7.72. The van der Waals surface area contributed by atoms with Crippen molar-refractivity contribution in [2.75, 3.05) is 26.7 Å². The van der Waals surface area contributed by atoms with Crippen molar-refractivity contribution in [3.63, 3.8) is 0 Å². The topological polar surface area (TPSA) is 80.6 Å². The molecule has 0 saturated heterocycles. The van der Waals surface area contributed by atoms with Gasteiger partial charge in [-0.1, -0.05) is 12.8 Å². The first-order valence-corrected chi connectivity index (χ1v) is 8.93. The highest BCUT2D eigenvalue weighted by Gasteiger charge is 2.25. The van der Waals surface area contributed by atoms with E-state index in [1.54, 1.807) is 15.7 Å². The minimum Gasteiger partial charge on any atom is -0.491 e. The summed E-state index contributed by atoms with van der Waals surface area (Å²) in [7, 11) is 1.44. The molecule has 0 unspecified atom stereocenters. The van der Waals surface area contributed by atoms with Crippen LogP contribution in [0.25, 0.3) is 0 Å². The van der Waals surface area contributed by atoms with E-state index < -0.39 is 0 Å². The van der Waals surface area contributed by atoms with Gasteiger partial charge in [-0.05, 0) is 18.8 Å². The molecule has 1 aliphatic heterocycles. The Morgan fingerprint density at radius 1 is 1.28 bits per heavy atom. The fourth-order valence-corrected chi connectivity index (χ4v) is 3.66. The second-order valence-electron chi connectivity index (χ2n) is 6.78. The molecule has 2 aliphatic rings. The average Bonchev–Trinajstić information content (AvgIpc) is 3.10. The minimum absolute atomic E-state index is 0.0673. The minimum atomic E-state index is -0.297. The van der Waals surface area contributed by atoms with Gasteiger partial charge in [0.2, 0.25) is 11.3 Å². The lowest BCUT2D eigenvalue weighted by molar-refractivity contribution is -0.122. The van der Waals surface area contributed by atoms with Gasteiger partial charge in [-0.15, -0.1) is 0 Å². The summed E-state index contributed by atoms with van der Waals surface area (Å²) in [5.74, 6) is 0.642. The lowest BCUT2D eigenvalue weighted by Crippen LogP contribution is -2.45. The summed E-state index contributed by atoms with van der Waals surface area (Å²) < 4.78 is 6.76. The van der Waals surface area contributed by atoms with E-state index in [1.165, 1.54) is 26.0 Å². The molecule has 0 radical (unpaired) electrons. The number of carbonyl (C=O) groups is 2. The van der Waals surface area contributed by atoms with Crippen molar-refractivity contribution in [3.8, 4) is 5.75 Å². The molecule has 7 heteroatoms. The first-order valence-electron chi connectivity index (χ1n) is 8.93. The number of fused-ring (bicyclic) bond motifs is 1. The standard InChI is InChI=1S/C18H25N3O4/c1-25-16-12-21-9-8-20(18(24)14(21)11-15(16)22)7-6-19-17(23)10-13-4-2-3-5-13/h11-13H,2-10H2,1H3,(H,19,23). The third kappa shape index (κ3) is 4.03. The van der Waals surface area contributed by atoms with Crippen LogP contribution in [0, 0.1) is 5.92 Å². The van der Waals surface area contributed by atoms with E-state index in [1.807, 2.05) is 0 Å². The number of carbonyl (C=O) groups excluding carboxylic acids is 2. The summed E-state index contributed by atoms with van der Waals surface area (Å²) >= 11 is 0. The second-order valence-corrected chi connectivity index (χ2v) is 6.78. The molecule has 2 amide bonds. The SMILES string of the molecule is COc1cn2c(cc1=O)C(=O)N(CCNC(=O)CC1CCCC1)CC2. The molecule has 3 rings (SSSR count). The van der Waals surface area contributed by atoms with Crippen molar-refractivity contribution < 1.29 is 14.3 Å². The highest BCUT2D eigenvalue weighted by Crippen LogP contribution is 2.27. The molecule has 0 bridgehead atoms. The summed E-state index contributed by atoms with van der Waals surface area (Å²) in [4.78, 5) is 38.1. The molecule has 25 heavy (non-hydrogen) atoms. The lowest BCUT2D eigenvalue weighted by atomic mass is 10.0. The summed E-state index contributed by atoms with van der Waals surface area (Å²) in [6, 6.07) is 1.33. The number of hydrogen-bond acceptors (Lipinski definition) is 4. The molecule has 136 valence electrons. The first-order chi connectivity index (χ1) is 12.1. The first kappa shape index (κ1) is 17.5. The number of aromatic nitrogens is 1. The van der Waals surface area contributed by atoms with E-state index in [2.05, 4.69) is 5.32 Å². The maximum Gasteiger partial charge on any atom is 0.270 e. The van der Waals surface area contributed by atoms with Crippen LogP contribution in [-0.4, -0.2) is 48.0 Å². The van der Waals surface area contributed by atoms with Gasteiger partial charge in [0, 0.05) is 38.7 Å². The molecule has 1 saturated carbocycles. The summed E-state index contributed by atoms with van der Waals surface area (Å²) in [5.41, 5.74) is 0.0724. The fraction of sp³-hybridized carbons (Fsp3) is 0.611. The molecule has 2 heterocycles. The van der Waals surface area contributed by atoms with Crippen LogP contribution in [0.1, 0.15) is 42.6 Å². The van der Waals surface area contributed by atoms with Crippen LogP contribution in [0.2, 0.25) is 0 Å². The fourth-order valence-electron chi connectivity index (χ4n) is 3.66. The Bertz CT molecular complexity index is 707. The third-order valence-electron chi connectivity index (χ3n) is 5.08. The number of nitrogens with one attached hydrogen (secondary N) is 1. The number of hydrogen-bond donors (Lipinski definition) is 1. The van der Waals surface area contributed by atoms with Gasteiger partial charge in [-0.25, -0.2) is 0 Å². The molecule has 7 nitrogen and oxygen atoms in total. The van der Waals surface area contributed by atoms with Crippen LogP contribution in [-0.2, 0) is 11.3 Å². The van der Waals surface area contributed by atoms with Crippen molar-refractivity contribution in [1.82, 2.24) is 14.8 Å². The lowest BCUT2D eigenvalue weighted by Gasteiger charge is -2.30. The largest absolute Gasteiger partial charge is 0.491 e. The van der Waals surface area contributed by atoms with E-state index in [-0.39, 0.29) is 23.0 Å². The average molecular weight is 347 g/mol. The number of ether oxygens (including phenoxy) is 1. The summed E-state index contributed by atoms with van der Waals surface area (Å²) in [5, 5.41) is 2.91. The van der Waals surface area contributed by atoms with Crippen LogP contribution in [0.4, 0.5) is 0 Å². The zero-order chi connectivity index (χ0) is 17.8. The van der Waals surface area contributed by atoms with E-state index in [0.29, 0.717) is 44.2 Å². The Morgan fingerprint density at radius 2 is 2.04 bits per heavy atom. The number of nitrogens with zero attached hydrogens (tertiary/aromatic N) is 2. The summed E-state index contributed by atoms with van der Waals surface area (Å²) in [6.45, 7) is 2.05. The predicted octanol–water partition coefficient (Wildman–Crippen LogP) is 1.01. The van der Waals surface area contributed by atoms with Crippen LogP contribution in [0.3, 0.4) is 0 Å². The smallest absolute Gasteiger partial charge is 0.270 e. The molecule has 1 aliphatic carbocycles. The predicted molar refractivity (Wildman–Crippen MR) is 92.7 cm³/mol. The van der Waals surface area contributed by atoms with Gasteiger partial charge < -0.3 is 19.5 Å². The number of amides is 2. The van der Waals surface area contributed by atoms with Gasteiger partial charge in [0.05, 0.1) is 13.3 Å². The van der Waals surface area contributed by atoms with Crippen LogP contribution >= 0.6 is 0 Å². The molecule has 1 fully saturated rings. The molecular formula is C18H25N3O4. The van der Waals surface area contributed by atoms with Gasteiger partial charge >= 0.3 is 0 Å². The molecule has 0 spiro atoms. The Hall–Kier alpha value is -2.31. The zero-order valence-corrected chi connectivity index (χ0v) is 14.6. The van der Waals surface area contributed by atoms with Crippen molar-refractivity contribution in [3.05, 3.63) is 28.2 Å². The van der Waals surface area contributed by atoms with Crippen molar-refractivity contribution in [2.24, 2.45) is 5.92 Å². The molecule has 1 N–H and O–H groups in total. The van der Waals surface area contributed by atoms with Crippen LogP contribution in [0.15, 0.2) is 17.1 Å². The van der Waals surface area contributed by atoms with Crippen molar-refractivity contribution in [2.45, 2.75) is 38.6 Å². The van der Waals surface area contributed by atoms with E-state index >= 15 is 0 Å².